The van der Waals surface area contributed by atoms with Crippen LogP contribution in [0.25, 0.3) is 11.3 Å². The van der Waals surface area contributed by atoms with E-state index in [1.54, 1.807) is 29.9 Å². The second kappa shape index (κ2) is 8.03. The van der Waals surface area contributed by atoms with Crippen molar-refractivity contribution in [1.82, 2.24) is 9.97 Å². The van der Waals surface area contributed by atoms with Crippen LogP contribution in [0.5, 0.6) is 0 Å². The number of anilines is 1. The number of nitrogens with zero attached hydrogens (tertiary/aromatic N) is 3. The van der Waals surface area contributed by atoms with Gasteiger partial charge in [-0.2, -0.15) is 5.10 Å². The van der Waals surface area contributed by atoms with E-state index in [1.165, 1.54) is 21.6 Å². The molecule has 0 aliphatic rings. The molecule has 1 N–H and O–H groups in total. The van der Waals surface area contributed by atoms with Crippen LogP contribution in [0.4, 0.5) is 5.13 Å². The highest BCUT2D eigenvalue weighted by molar-refractivity contribution is 7.16. The molecule has 0 atom stereocenters. The topological polar surface area (TPSA) is 50.2 Å². The first-order valence-corrected chi connectivity index (χ1v) is 9.25. The molecule has 0 unspecified atom stereocenters. The Balaban J connectivity index is 1.87. The molecule has 3 rings (SSSR count). The first-order chi connectivity index (χ1) is 12.2. The van der Waals surface area contributed by atoms with Crippen molar-refractivity contribution in [2.24, 2.45) is 5.10 Å². The van der Waals surface area contributed by atoms with Crippen molar-refractivity contribution in [2.45, 2.75) is 33.6 Å². The summed E-state index contributed by atoms with van der Waals surface area (Å²) in [5.74, 6) is 0. The van der Waals surface area contributed by atoms with E-state index in [0.717, 1.165) is 29.2 Å². The van der Waals surface area contributed by atoms with Crippen molar-refractivity contribution in [3.63, 3.8) is 0 Å². The van der Waals surface area contributed by atoms with Crippen LogP contribution >= 0.6 is 11.3 Å². The van der Waals surface area contributed by atoms with Crippen LogP contribution in [0.1, 0.15) is 34.9 Å². The summed E-state index contributed by atoms with van der Waals surface area (Å²) in [5.41, 5.74) is 8.81. The Labute approximate surface area is 152 Å². The zero-order chi connectivity index (χ0) is 17.6. The predicted octanol–water partition coefficient (Wildman–Crippen LogP) is 5.22. The van der Waals surface area contributed by atoms with Crippen molar-refractivity contribution in [3.05, 3.63) is 64.3 Å². The largest absolute Gasteiger partial charge is 0.264 e. The van der Waals surface area contributed by atoms with Gasteiger partial charge in [-0.25, -0.2) is 4.98 Å². The quantitative estimate of drug-likeness (QED) is 0.490. The van der Waals surface area contributed by atoms with Crippen molar-refractivity contribution in [2.75, 3.05) is 5.43 Å². The van der Waals surface area contributed by atoms with Crippen LogP contribution < -0.4 is 5.43 Å². The Kier molecular flexibility index (Phi) is 5.56. The minimum absolute atomic E-state index is 0.819. The molecule has 0 amide bonds. The maximum absolute atomic E-state index is 4.81. The molecule has 0 bridgehead atoms. The number of rotatable bonds is 6. The molecule has 0 aliphatic heterocycles. The minimum atomic E-state index is 0.819. The summed E-state index contributed by atoms with van der Waals surface area (Å²) in [6.45, 7) is 6.45. The first-order valence-electron chi connectivity index (χ1n) is 8.44. The molecule has 2 heterocycles. The lowest BCUT2D eigenvalue weighted by Gasteiger charge is -2.06. The first kappa shape index (κ1) is 17.3. The Bertz CT molecular complexity index is 869. The Morgan fingerprint density at radius 3 is 2.88 bits per heavy atom. The minimum Gasteiger partial charge on any atom is -0.264 e. The van der Waals surface area contributed by atoms with Crippen molar-refractivity contribution in [3.8, 4) is 11.3 Å². The Hall–Kier alpha value is -2.53. The molecule has 0 saturated carbocycles. The fraction of sp³-hybridized carbons (Fsp3) is 0.250. The predicted molar refractivity (Wildman–Crippen MR) is 106 cm³/mol. The van der Waals surface area contributed by atoms with Crippen LogP contribution in [0, 0.1) is 13.8 Å². The molecule has 25 heavy (non-hydrogen) atoms. The molecule has 3 aromatic rings. The highest BCUT2D eigenvalue weighted by Crippen LogP contribution is 2.34. The summed E-state index contributed by atoms with van der Waals surface area (Å²) in [5, 5.41) is 5.11. The monoisotopic (exact) mass is 350 g/mol. The number of nitrogens with one attached hydrogen (secondary N) is 1. The maximum Gasteiger partial charge on any atom is 0.204 e. The molecule has 0 aliphatic carbocycles. The normalized spacial score (nSPS) is 11.2. The highest BCUT2D eigenvalue weighted by Gasteiger charge is 2.14. The smallest absolute Gasteiger partial charge is 0.204 e. The lowest BCUT2D eigenvalue weighted by atomic mass is 10.0. The van der Waals surface area contributed by atoms with E-state index in [4.69, 9.17) is 4.98 Å². The molecule has 0 spiro atoms. The van der Waals surface area contributed by atoms with Crippen molar-refractivity contribution < 1.29 is 0 Å². The van der Waals surface area contributed by atoms with Gasteiger partial charge in [-0.15, -0.1) is 0 Å². The van der Waals surface area contributed by atoms with Gasteiger partial charge in [-0.3, -0.25) is 10.4 Å². The zero-order valence-electron chi connectivity index (χ0n) is 14.8. The van der Waals surface area contributed by atoms with E-state index in [1.807, 2.05) is 12.1 Å². The van der Waals surface area contributed by atoms with Crippen molar-refractivity contribution in [1.29, 1.82) is 0 Å². The van der Waals surface area contributed by atoms with Gasteiger partial charge < -0.3 is 0 Å². The number of aromatic nitrogens is 2. The fourth-order valence-electron chi connectivity index (χ4n) is 2.61. The van der Waals surface area contributed by atoms with Gasteiger partial charge in [0.25, 0.3) is 0 Å². The molecule has 128 valence electrons. The molecule has 5 heteroatoms. The molecule has 0 radical (unpaired) electrons. The van der Waals surface area contributed by atoms with Gasteiger partial charge in [0, 0.05) is 28.4 Å². The van der Waals surface area contributed by atoms with E-state index in [-0.39, 0.29) is 0 Å². The summed E-state index contributed by atoms with van der Waals surface area (Å²) in [7, 11) is 0. The highest BCUT2D eigenvalue weighted by atomic mass is 32.1. The lowest BCUT2D eigenvalue weighted by molar-refractivity contribution is 0.938. The van der Waals surface area contributed by atoms with E-state index >= 15 is 0 Å². The van der Waals surface area contributed by atoms with Crippen LogP contribution in [0.3, 0.4) is 0 Å². The average Bonchev–Trinajstić information content (AvgIpc) is 3.01. The number of hydrazone groups is 1. The number of pyridine rings is 1. The number of hydrogen-bond donors (Lipinski definition) is 1. The zero-order valence-corrected chi connectivity index (χ0v) is 15.6. The Morgan fingerprint density at radius 1 is 1.24 bits per heavy atom. The van der Waals surface area contributed by atoms with E-state index in [9.17, 15) is 0 Å². The second-order valence-electron chi connectivity index (χ2n) is 6.02. The molecule has 2 aromatic heterocycles. The van der Waals surface area contributed by atoms with Gasteiger partial charge >= 0.3 is 0 Å². The second-order valence-corrected chi connectivity index (χ2v) is 7.10. The SMILES string of the molecule is CCCc1sc(NN=Cc2cccnc2)nc1-c1cc(C)ccc1C. The van der Waals surface area contributed by atoms with Crippen LogP contribution in [-0.2, 0) is 6.42 Å². The molecular weight excluding hydrogens is 328 g/mol. The third-order valence-corrected chi connectivity index (χ3v) is 4.90. The van der Waals surface area contributed by atoms with E-state index in [2.05, 4.69) is 54.5 Å². The summed E-state index contributed by atoms with van der Waals surface area (Å²) >= 11 is 1.68. The molecule has 1 aromatic carbocycles. The Morgan fingerprint density at radius 2 is 2.12 bits per heavy atom. The molecule has 0 saturated heterocycles. The average molecular weight is 350 g/mol. The maximum atomic E-state index is 4.81. The van der Waals surface area contributed by atoms with Crippen LogP contribution in [0.15, 0.2) is 47.8 Å². The van der Waals surface area contributed by atoms with Gasteiger partial charge in [0.1, 0.15) is 0 Å². The molecule has 4 nitrogen and oxygen atoms in total. The van der Waals surface area contributed by atoms with Gasteiger partial charge in [0.05, 0.1) is 11.9 Å². The summed E-state index contributed by atoms with van der Waals surface area (Å²) in [6.07, 6.45) is 7.40. The van der Waals surface area contributed by atoms with Gasteiger partial charge in [0.2, 0.25) is 5.13 Å². The number of hydrogen-bond acceptors (Lipinski definition) is 5. The van der Waals surface area contributed by atoms with Crippen LogP contribution in [-0.4, -0.2) is 16.2 Å². The standard InChI is InChI=1S/C20H22N4S/c1-4-6-18-19(17-11-14(2)8-9-15(17)3)23-20(25-18)24-22-13-16-7-5-10-21-12-16/h5,7-13H,4,6H2,1-3H3,(H,23,24). The van der Waals surface area contributed by atoms with E-state index < -0.39 is 0 Å². The van der Waals surface area contributed by atoms with Gasteiger partial charge in [0.15, 0.2) is 0 Å². The van der Waals surface area contributed by atoms with Gasteiger partial charge in [-0.05, 0) is 38.0 Å². The summed E-state index contributed by atoms with van der Waals surface area (Å²) in [6, 6.07) is 10.4. The van der Waals surface area contributed by atoms with Gasteiger partial charge in [-0.1, -0.05) is 48.4 Å². The number of aryl methyl sites for hydroxylation is 3. The third-order valence-electron chi connectivity index (χ3n) is 3.88. The fourth-order valence-corrected chi connectivity index (χ4v) is 3.64. The number of thiazole rings is 1. The van der Waals surface area contributed by atoms with Crippen molar-refractivity contribution >= 4 is 22.7 Å². The van der Waals surface area contributed by atoms with Crippen LogP contribution in [0.2, 0.25) is 0 Å². The molecule has 0 fully saturated rings. The molecular formula is C20H22N4S. The lowest BCUT2D eigenvalue weighted by Crippen LogP contribution is -1.92. The summed E-state index contributed by atoms with van der Waals surface area (Å²) in [4.78, 5) is 10.2. The third kappa shape index (κ3) is 4.31. The van der Waals surface area contributed by atoms with E-state index in [0.29, 0.717) is 0 Å². The summed E-state index contributed by atoms with van der Waals surface area (Å²) < 4.78 is 0. The number of benzene rings is 1.